The Bertz CT molecular complexity index is 1170. The molecule has 0 saturated carbocycles. The van der Waals surface area contributed by atoms with E-state index in [-0.39, 0.29) is 18.5 Å². The van der Waals surface area contributed by atoms with Crippen molar-refractivity contribution in [2.75, 3.05) is 13.7 Å². The summed E-state index contributed by atoms with van der Waals surface area (Å²) in [5.74, 6) is 0.653. The van der Waals surface area contributed by atoms with Crippen LogP contribution in [0.15, 0.2) is 60.8 Å². The topological polar surface area (TPSA) is 116 Å². The number of rotatable bonds is 10. The highest BCUT2D eigenvalue weighted by Crippen LogP contribution is 2.24. The van der Waals surface area contributed by atoms with Crippen LogP contribution in [0.25, 0.3) is 11.3 Å². The summed E-state index contributed by atoms with van der Waals surface area (Å²) in [7, 11) is -1.93. The van der Waals surface area contributed by atoms with Gasteiger partial charge in [-0.2, -0.15) is 0 Å². The van der Waals surface area contributed by atoms with E-state index in [2.05, 4.69) is 15.0 Å². The lowest BCUT2D eigenvalue weighted by Crippen LogP contribution is -2.51. The average molecular weight is 487 g/mol. The zero-order valence-electron chi connectivity index (χ0n) is 19.1. The third-order valence-electron chi connectivity index (χ3n) is 5.91. The molecule has 1 saturated heterocycles. The number of hydrogen-bond donors (Lipinski definition) is 2. The Morgan fingerprint density at radius 2 is 2.00 bits per heavy atom. The smallest absolute Gasteiger partial charge is 0.216 e. The first-order valence-corrected chi connectivity index (χ1v) is 13.0. The molecule has 10 heteroatoms. The number of sulfonamides is 1. The monoisotopic (exact) mass is 486 g/mol. The SMILES string of the molecule is COc1cccc(-c2cn(CC[C@@H]3CC[C@@H](NS(=O)(=O)Cc4ccccc4)[C@H](CO)O3)nn2)c1. The molecule has 182 valence electrons. The van der Waals surface area contributed by atoms with Crippen molar-refractivity contribution in [3.05, 3.63) is 66.4 Å². The van der Waals surface area contributed by atoms with Gasteiger partial charge in [-0.25, -0.2) is 13.1 Å². The number of nitrogens with one attached hydrogen (secondary N) is 1. The van der Waals surface area contributed by atoms with Crippen LogP contribution in [0.5, 0.6) is 5.75 Å². The van der Waals surface area contributed by atoms with Crippen LogP contribution < -0.4 is 9.46 Å². The predicted octanol–water partition coefficient (Wildman–Crippen LogP) is 2.37. The summed E-state index contributed by atoms with van der Waals surface area (Å²) in [6.07, 6.45) is 3.15. The highest BCUT2D eigenvalue weighted by molar-refractivity contribution is 7.88. The van der Waals surface area contributed by atoms with E-state index in [9.17, 15) is 13.5 Å². The highest BCUT2D eigenvalue weighted by Gasteiger charge is 2.33. The first-order chi connectivity index (χ1) is 16.5. The second-order valence-electron chi connectivity index (χ2n) is 8.41. The lowest BCUT2D eigenvalue weighted by Gasteiger charge is -2.36. The second kappa shape index (κ2) is 11.1. The standard InChI is InChI=1S/C24H30N4O5S/c1-32-21-9-5-8-19(14-21)23-15-28(27-25-23)13-12-20-10-11-22(24(16-29)33-20)26-34(30,31)17-18-6-3-2-4-7-18/h2-9,14-15,20,22,24,26,29H,10-13,16-17H2,1H3/t20-,22+,24-/m0/s1. The highest BCUT2D eigenvalue weighted by atomic mass is 32.2. The summed E-state index contributed by atoms with van der Waals surface area (Å²) in [4.78, 5) is 0. The molecular formula is C24H30N4O5S. The Kier molecular flexibility index (Phi) is 7.94. The van der Waals surface area contributed by atoms with Crippen molar-refractivity contribution in [1.82, 2.24) is 19.7 Å². The number of nitrogens with zero attached hydrogens (tertiary/aromatic N) is 3. The van der Waals surface area contributed by atoms with Crippen molar-refractivity contribution >= 4 is 10.0 Å². The molecule has 0 spiro atoms. The molecule has 0 amide bonds. The molecule has 4 rings (SSSR count). The third kappa shape index (κ3) is 6.41. The second-order valence-corrected chi connectivity index (χ2v) is 10.2. The lowest BCUT2D eigenvalue weighted by atomic mass is 9.98. The average Bonchev–Trinajstić information content (AvgIpc) is 3.33. The van der Waals surface area contributed by atoms with Crippen LogP contribution in [0.4, 0.5) is 0 Å². The lowest BCUT2D eigenvalue weighted by molar-refractivity contribution is -0.0891. The molecule has 9 nitrogen and oxygen atoms in total. The number of aromatic nitrogens is 3. The molecule has 1 aliphatic heterocycles. The van der Waals surface area contributed by atoms with Gasteiger partial charge in [-0.1, -0.05) is 47.7 Å². The third-order valence-corrected chi connectivity index (χ3v) is 7.29. The molecule has 34 heavy (non-hydrogen) atoms. The fraction of sp³-hybridized carbons (Fsp3) is 0.417. The Labute approximate surface area is 199 Å². The van der Waals surface area contributed by atoms with Gasteiger partial charge in [-0.05, 0) is 37.0 Å². The van der Waals surface area contributed by atoms with E-state index >= 15 is 0 Å². The van der Waals surface area contributed by atoms with Crippen LogP contribution in [-0.4, -0.2) is 60.5 Å². The summed E-state index contributed by atoms with van der Waals surface area (Å²) in [6, 6.07) is 16.2. The molecule has 2 heterocycles. The Morgan fingerprint density at radius 3 is 2.76 bits per heavy atom. The van der Waals surface area contributed by atoms with Crippen molar-refractivity contribution in [1.29, 1.82) is 0 Å². The van der Waals surface area contributed by atoms with Gasteiger partial charge >= 0.3 is 0 Å². The quantitative estimate of drug-likeness (QED) is 0.452. The summed E-state index contributed by atoms with van der Waals surface area (Å²) >= 11 is 0. The van der Waals surface area contributed by atoms with E-state index in [1.807, 2.05) is 48.7 Å². The Balaban J connectivity index is 1.30. The van der Waals surface area contributed by atoms with Crippen molar-refractivity contribution in [3.63, 3.8) is 0 Å². The van der Waals surface area contributed by atoms with E-state index in [0.717, 1.165) is 17.0 Å². The number of aliphatic hydroxyl groups is 1. The minimum absolute atomic E-state index is 0.100. The van der Waals surface area contributed by atoms with Crippen LogP contribution in [0.2, 0.25) is 0 Å². The molecule has 1 aromatic heterocycles. The van der Waals surface area contributed by atoms with Gasteiger partial charge in [-0.15, -0.1) is 5.10 Å². The molecular weight excluding hydrogens is 456 g/mol. The van der Waals surface area contributed by atoms with E-state index in [0.29, 0.717) is 31.4 Å². The van der Waals surface area contributed by atoms with Crippen molar-refractivity contribution in [2.45, 2.75) is 49.8 Å². The summed E-state index contributed by atoms with van der Waals surface area (Å²) in [5.41, 5.74) is 2.39. The molecule has 0 unspecified atom stereocenters. The number of aryl methyl sites for hydroxylation is 1. The van der Waals surface area contributed by atoms with Gasteiger partial charge in [0.25, 0.3) is 0 Å². The van der Waals surface area contributed by atoms with Gasteiger partial charge in [0.05, 0.1) is 43.9 Å². The number of aliphatic hydroxyl groups excluding tert-OH is 1. The van der Waals surface area contributed by atoms with E-state index in [1.165, 1.54) is 0 Å². The Hall–Kier alpha value is -2.79. The first-order valence-electron chi connectivity index (χ1n) is 11.3. The molecule has 1 aliphatic rings. The van der Waals surface area contributed by atoms with E-state index < -0.39 is 22.2 Å². The van der Waals surface area contributed by atoms with Gasteiger partial charge in [-0.3, -0.25) is 4.68 Å². The van der Waals surface area contributed by atoms with Crippen molar-refractivity contribution < 1.29 is 23.0 Å². The fourth-order valence-corrected chi connectivity index (χ4v) is 5.59. The molecule has 3 atom stereocenters. The normalized spacial score (nSPS) is 20.8. The zero-order valence-corrected chi connectivity index (χ0v) is 19.9. The number of benzene rings is 2. The number of methoxy groups -OCH3 is 1. The largest absolute Gasteiger partial charge is 0.497 e. The summed E-state index contributed by atoms with van der Waals surface area (Å²) < 4.78 is 41.0. The zero-order chi connectivity index (χ0) is 24.0. The maximum Gasteiger partial charge on any atom is 0.216 e. The molecule has 0 bridgehead atoms. The molecule has 0 aliphatic carbocycles. The van der Waals surface area contributed by atoms with Gasteiger partial charge in [0, 0.05) is 12.1 Å². The van der Waals surface area contributed by atoms with Crippen LogP contribution in [0.3, 0.4) is 0 Å². The fourth-order valence-electron chi connectivity index (χ4n) is 4.14. The van der Waals surface area contributed by atoms with E-state index in [1.54, 1.807) is 23.9 Å². The van der Waals surface area contributed by atoms with Crippen LogP contribution in [0.1, 0.15) is 24.8 Å². The van der Waals surface area contributed by atoms with Gasteiger partial charge in [0.15, 0.2) is 0 Å². The maximum atomic E-state index is 12.6. The van der Waals surface area contributed by atoms with Crippen molar-refractivity contribution in [2.24, 2.45) is 0 Å². The summed E-state index contributed by atoms with van der Waals surface area (Å²) in [6.45, 7) is 0.350. The van der Waals surface area contributed by atoms with Gasteiger partial charge in [0.1, 0.15) is 11.4 Å². The minimum atomic E-state index is -3.55. The molecule has 3 aromatic rings. The molecule has 2 aromatic carbocycles. The molecule has 0 radical (unpaired) electrons. The van der Waals surface area contributed by atoms with Gasteiger partial charge < -0.3 is 14.6 Å². The predicted molar refractivity (Wildman–Crippen MR) is 128 cm³/mol. The molecule has 1 fully saturated rings. The van der Waals surface area contributed by atoms with Crippen LogP contribution in [0, 0.1) is 0 Å². The minimum Gasteiger partial charge on any atom is -0.497 e. The van der Waals surface area contributed by atoms with Crippen LogP contribution in [-0.2, 0) is 27.1 Å². The Morgan fingerprint density at radius 1 is 1.18 bits per heavy atom. The number of hydrogen-bond acceptors (Lipinski definition) is 7. The number of ether oxygens (including phenoxy) is 2. The maximum absolute atomic E-state index is 12.6. The van der Waals surface area contributed by atoms with Gasteiger partial charge in [0.2, 0.25) is 10.0 Å². The summed E-state index contributed by atoms with van der Waals surface area (Å²) in [5, 5.41) is 18.3. The van der Waals surface area contributed by atoms with E-state index in [4.69, 9.17) is 9.47 Å². The van der Waals surface area contributed by atoms with Crippen LogP contribution >= 0.6 is 0 Å². The molecule has 2 N–H and O–H groups in total. The first kappa shape index (κ1) is 24.3. The van der Waals surface area contributed by atoms with Crippen molar-refractivity contribution in [3.8, 4) is 17.0 Å².